The first-order valence-corrected chi connectivity index (χ1v) is 4.65. The molecule has 1 aliphatic heterocycles. The van der Waals surface area contributed by atoms with Gasteiger partial charge in [-0.25, -0.2) is 0 Å². The third-order valence-corrected chi connectivity index (χ3v) is 2.26. The highest BCUT2D eigenvalue weighted by atomic mass is 16.6. The van der Waals surface area contributed by atoms with Gasteiger partial charge < -0.3 is 4.74 Å². The summed E-state index contributed by atoms with van der Waals surface area (Å²) in [6.07, 6.45) is 3.44. The Morgan fingerprint density at radius 3 is 2.92 bits per heavy atom. The van der Waals surface area contributed by atoms with Crippen molar-refractivity contribution < 1.29 is 9.53 Å². The zero-order valence-electron chi connectivity index (χ0n) is 7.88. The number of ether oxygens (including phenoxy) is 1. The summed E-state index contributed by atoms with van der Waals surface area (Å²) in [5.41, 5.74) is 0. The molecule has 12 heavy (non-hydrogen) atoms. The number of nitrogens with zero attached hydrogens (tertiary/aromatic N) is 1. The van der Waals surface area contributed by atoms with E-state index in [1.807, 2.05) is 0 Å². The summed E-state index contributed by atoms with van der Waals surface area (Å²) in [6, 6.07) is 0. The first kappa shape index (κ1) is 9.52. The molecule has 3 nitrogen and oxygen atoms in total. The lowest BCUT2D eigenvalue weighted by atomic mass is 10.1. The molecule has 1 fully saturated rings. The average molecular weight is 171 g/mol. The Hall–Kier alpha value is -0.570. The number of hydrogen-bond acceptors (Lipinski definition) is 3. The number of rotatable bonds is 2. The molecule has 1 atom stereocenters. The van der Waals surface area contributed by atoms with E-state index >= 15 is 0 Å². The molecule has 0 N–H and O–H groups in total. The number of carbonyl (C=O) groups excluding carboxylic acids is 1. The molecule has 0 bridgehead atoms. The highest BCUT2D eigenvalue weighted by Crippen LogP contribution is 2.17. The monoisotopic (exact) mass is 171 g/mol. The topological polar surface area (TPSA) is 29.5 Å². The molecular weight excluding hydrogens is 154 g/mol. The van der Waals surface area contributed by atoms with Gasteiger partial charge in [0.15, 0.2) is 6.23 Å². The summed E-state index contributed by atoms with van der Waals surface area (Å²) in [5.74, 6) is -0.166. The van der Waals surface area contributed by atoms with Gasteiger partial charge in [-0.05, 0) is 25.8 Å². The minimum Gasteiger partial charge on any atom is -0.447 e. The normalized spacial score (nSPS) is 25.3. The van der Waals surface area contributed by atoms with Crippen molar-refractivity contribution in [2.24, 2.45) is 0 Å². The number of carbonyl (C=O) groups is 1. The van der Waals surface area contributed by atoms with Crippen LogP contribution in [-0.2, 0) is 9.53 Å². The molecule has 0 aliphatic carbocycles. The van der Waals surface area contributed by atoms with E-state index in [4.69, 9.17) is 4.74 Å². The Labute approximate surface area is 73.7 Å². The van der Waals surface area contributed by atoms with Crippen molar-refractivity contribution in [3.05, 3.63) is 0 Å². The molecule has 0 aromatic heterocycles. The molecule has 1 rings (SSSR count). The molecule has 1 heterocycles. The van der Waals surface area contributed by atoms with E-state index in [2.05, 4.69) is 11.8 Å². The molecule has 0 aromatic rings. The average Bonchev–Trinajstić information content (AvgIpc) is 2.04. The SMILES string of the molecule is CCN1CCCCC1OC(C)=O. The van der Waals surface area contributed by atoms with Gasteiger partial charge in [-0.1, -0.05) is 6.92 Å². The van der Waals surface area contributed by atoms with Crippen LogP contribution in [0.4, 0.5) is 0 Å². The maximum absolute atomic E-state index is 10.7. The van der Waals surface area contributed by atoms with Crippen molar-refractivity contribution in [3.8, 4) is 0 Å². The zero-order chi connectivity index (χ0) is 8.97. The lowest BCUT2D eigenvalue weighted by molar-refractivity contribution is -0.159. The molecule has 0 amide bonds. The second-order valence-corrected chi connectivity index (χ2v) is 3.19. The molecule has 0 spiro atoms. The highest BCUT2D eigenvalue weighted by Gasteiger charge is 2.22. The third-order valence-electron chi connectivity index (χ3n) is 2.26. The molecule has 0 aromatic carbocycles. The fourth-order valence-corrected chi connectivity index (χ4v) is 1.65. The van der Waals surface area contributed by atoms with Gasteiger partial charge in [0.25, 0.3) is 0 Å². The number of likely N-dealkylation sites (tertiary alicyclic amines) is 1. The van der Waals surface area contributed by atoms with Gasteiger partial charge in [-0.15, -0.1) is 0 Å². The summed E-state index contributed by atoms with van der Waals surface area (Å²) in [5, 5.41) is 0. The van der Waals surface area contributed by atoms with Crippen LogP contribution in [0.2, 0.25) is 0 Å². The van der Waals surface area contributed by atoms with Gasteiger partial charge in [0, 0.05) is 13.5 Å². The van der Waals surface area contributed by atoms with Crippen LogP contribution in [0.5, 0.6) is 0 Å². The zero-order valence-corrected chi connectivity index (χ0v) is 7.88. The molecule has 1 unspecified atom stereocenters. The fraction of sp³-hybridized carbons (Fsp3) is 0.889. The summed E-state index contributed by atoms with van der Waals surface area (Å²) in [4.78, 5) is 12.9. The molecule has 1 aliphatic rings. The van der Waals surface area contributed by atoms with Crippen molar-refractivity contribution in [1.82, 2.24) is 4.90 Å². The van der Waals surface area contributed by atoms with Crippen molar-refractivity contribution in [2.75, 3.05) is 13.1 Å². The van der Waals surface area contributed by atoms with Crippen LogP contribution in [0.3, 0.4) is 0 Å². The van der Waals surface area contributed by atoms with Crippen molar-refractivity contribution >= 4 is 5.97 Å². The van der Waals surface area contributed by atoms with Crippen LogP contribution in [0.15, 0.2) is 0 Å². The summed E-state index contributed by atoms with van der Waals surface area (Å²) in [7, 11) is 0. The third kappa shape index (κ3) is 2.48. The fourth-order valence-electron chi connectivity index (χ4n) is 1.65. The van der Waals surface area contributed by atoms with Crippen LogP contribution in [0.1, 0.15) is 33.1 Å². The molecule has 0 radical (unpaired) electrons. The number of hydrogen-bond donors (Lipinski definition) is 0. The Balaban J connectivity index is 2.41. The largest absolute Gasteiger partial charge is 0.447 e. The Morgan fingerprint density at radius 1 is 1.58 bits per heavy atom. The van der Waals surface area contributed by atoms with Gasteiger partial charge >= 0.3 is 5.97 Å². The second-order valence-electron chi connectivity index (χ2n) is 3.19. The highest BCUT2D eigenvalue weighted by molar-refractivity contribution is 5.66. The predicted molar refractivity (Wildman–Crippen MR) is 46.7 cm³/mol. The van der Waals surface area contributed by atoms with Gasteiger partial charge in [0.1, 0.15) is 0 Å². The van der Waals surface area contributed by atoms with Gasteiger partial charge in [0.2, 0.25) is 0 Å². The van der Waals surface area contributed by atoms with Gasteiger partial charge in [0.05, 0.1) is 0 Å². The Morgan fingerprint density at radius 2 is 2.33 bits per heavy atom. The van der Waals surface area contributed by atoms with E-state index in [1.54, 1.807) is 0 Å². The number of esters is 1. The van der Waals surface area contributed by atoms with Gasteiger partial charge in [-0.2, -0.15) is 0 Å². The van der Waals surface area contributed by atoms with E-state index in [1.165, 1.54) is 19.8 Å². The second kappa shape index (κ2) is 4.45. The quantitative estimate of drug-likeness (QED) is 0.588. The maximum atomic E-state index is 10.7. The van der Waals surface area contributed by atoms with Gasteiger partial charge in [-0.3, -0.25) is 9.69 Å². The molecule has 70 valence electrons. The standard InChI is InChI=1S/C9H17NO2/c1-3-10-7-5-4-6-9(10)12-8(2)11/h9H,3-7H2,1-2H3. The molecule has 0 saturated carbocycles. The van der Waals surface area contributed by atoms with Crippen LogP contribution >= 0.6 is 0 Å². The molecule has 3 heteroatoms. The first-order valence-electron chi connectivity index (χ1n) is 4.65. The Kier molecular flexibility index (Phi) is 3.53. The van der Waals surface area contributed by atoms with Crippen LogP contribution in [0.25, 0.3) is 0 Å². The Bertz CT molecular complexity index is 159. The van der Waals surface area contributed by atoms with E-state index in [9.17, 15) is 4.79 Å². The molecule has 1 saturated heterocycles. The van der Waals surface area contributed by atoms with E-state index in [-0.39, 0.29) is 12.2 Å². The number of piperidine rings is 1. The van der Waals surface area contributed by atoms with Crippen LogP contribution in [0, 0.1) is 0 Å². The van der Waals surface area contributed by atoms with E-state index in [0.29, 0.717) is 0 Å². The minimum absolute atomic E-state index is 0.0428. The minimum atomic E-state index is -0.166. The lowest BCUT2D eigenvalue weighted by Crippen LogP contribution is -2.41. The summed E-state index contributed by atoms with van der Waals surface area (Å²) < 4.78 is 5.18. The van der Waals surface area contributed by atoms with E-state index in [0.717, 1.165) is 19.5 Å². The lowest BCUT2D eigenvalue weighted by Gasteiger charge is -2.33. The first-order chi connectivity index (χ1) is 5.74. The predicted octanol–water partition coefficient (Wildman–Crippen LogP) is 1.38. The summed E-state index contributed by atoms with van der Waals surface area (Å²) >= 11 is 0. The van der Waals surface area contributed by atoms with Crippen LogP contribution < -0.4 is 0 Å². The molecular formula is C9H17NO2. The summed E-state index contributed by atoms with van der Waals surface area (Å²) in [6.45, 7) is 5.61. The maximum Gasteiger partial charge on any atom is 0.304 e. The van der Waals surface area contributed by atoms with Crippen molar-refractivity contribution in [3.63, 3.8) is 0 Å². The van der Waals surface area contributed by atoms with Crippen LogP contribution in [-0.4, -0.2) is 30.2 Å². The van der Waals surface area contributed by atoms with Crippen molar-refractivity contribution in [2.45, 2.75) is 39.3 Å². The van der Waals surface area contributed by atoms with Crippen molar-refractivity contribution in [1.29, 1.82) is 0 Å². The van der Waals surface area contributed by atoms with E-state index < -0.39 is 0 Å². The smallest absolute Gasteiger partial charge is 0.304 e.